The quantitative estimate of drug-likeness (QED) is 0.0184. The number of carbonyl (C=O) groups excluding carboxylic acids is 7. The van der Waals surface area contributed by atoms with Crippen LogP contribution >= 0.6 is 15.8 Å². The molecule has 6 atom stereocenters. The van der Waals surface area contributed by atoms with Crippen LogP contribution in [0.25, 0.3) is 0 Å². The number of benzene rings is 9. The molecule has 544 valence electrons. The maximum Gasteiger partial charge on any atom is 0.329 e. The van der Waals surface area contributed by atoms with Crippen LogP contribution in [0, 0.1) is 11.8 Å². The van der Waals surface area contributed by atoms with Gasteiger partial charge in [-0.05, 0) is 134 Å². The molecule has 0 saturated carbocycles. The van der Waals surface area contributed by atoms with E-state index in [9.17, 15) is 19.2 Å². The lowest BCUT2D eigenvalue weighted by Crippen LogP contribution is -2.59. The number of nitrogens with one attached hydrogen (secondary N) is 4. The monoisotopic (exact) mass is 1440 g/mol. The second-order valence-corrected chi connectivity index (χ2v) is 32.2. The average Bonchev–Trinajstić information content (AvgIpc) is 1.46. The standard InChI is InChI=1S/C87H98N8O8P2/c1-63(2)52-79(85(100)92-77(56-67-34-17-7-18-35-67)87(102)103-60-68-47-49-70(50-48-68)82(97)89-57-81(88)96)93(61-104(73-38-21-9-22-39-73)74-40-23-10-24-41-74)58-72(55-66-32-15-6-16-33-66)91-84(99)78-46-29-51-95(78)86(101)80(53-64(3)4)94(62-105(75-42-25-11-26-43-75)76-44-27-12-28-45-76)59-71(54-65-30-13-5-14-31-65)90-83(98)69-36-19-8-20-37-69/h5-28,30-45,47-50,63-64,71-72,77-80H,29,46,51-62H2,1-4H3,(H2,88,96)(H,89,97)(H,90,98)(H,91,99)(H,92,100)/t71-,72-,77-,78-,79-,80-/m0/s1. The highest BCUT2D eigenvalue weighted by Gasteiger charge is 2.42. The largest absolute Gasteiger partial charge is 0.459 e. The molecule has 0 unspecified atom stereocenters. The Morgan fingerprint density at radius 1 is 0.467 bits per heavy atom. The van der Waals surface area contributed by atoms with Crippen molar-refractivity contribution in [1.82, 2.24) is 36.0 Å². The minimum atomic E-state index is -1.20. The van der Waals surface area contributed by atoms with E-state index in [0.29, 0.717) is 80.9 Å². The molecule has 0 aromatic heterocycles. The first-order valence-corrected chi connectivity index (χ1v) is 39.5. The van der Waals surface area contributed by atoms with Gasteiger partial charge in [0, 0.05) is 61.8 Å². The molecule has 1 aliphatic heterocycles. The van der Waals surface area contributed by atoms with Gasteiger partial charge in [-0.1, -0.05) is 270 Å². The topological polar surface area (TPSA) is 213 Å². The Hall–Kier alpha value is -9.95. The molecule has 0 radical (unpaired) electrons. The molecule has 10 rings (SSSR count). The van der Waals surface area contributed by atoms with Crippen molar-refractivity contribution in [1.29, 1.82) is 0 Å². The lowest BCUT2D eigenvalue weighted by Gasteiger charge is -2.40. The van der Waals surface area contributed by atoms with Crippen LogP contribution in [0.1, 0.15) is 96.3 Å². The van der Waals surface area contributed by atoms with Crippen molar-refractivity contribution in [3.8, 4) is 0 Å². The van der Waals surface area contributed by atoms with E-state index in [-0.39, 0.29) is 61.6 Å². The summed E-state index contributed by atoms with van der Waals surface area (Å²) in [6, 6.07) is 82.4. The smallest absolute Gasteiger partial charge is 0.329 e. The first-order chi connectivity index (χ1) is 51.0. The average molecular weight is 1450 g/mol. The molecular formula is C87H98N8O8P2. The molecule has 18 heteroatoms. The Morgan fingerprint density at radius 2 is 0.867 bits per heavy atom. The number of primary amides is 1. The molecule has 6 amide bonds. The SMILES string of the molecule is CC(C)C[C@@H](C(=O)N[C@@H](Cc1ccccc1)C(=O)OCc1ccc(C(=O)NCC(N)=O)cc1)N(C[C@H](Cc1ccccc1)NC(=O)[C@@H]1CCCN1C(=O)[C@H](CC(C)C)N(C[C@H](Cc1ccccc1)NC(=O)c1ccccc1)CP(c1ccccc1)c1ccccc1)CP(c1ccccc1)c1ccccc1. The maximum atomic E-state index is 16.4. The van der Waals surface area contributed by atoms with Gasteiger partial charge in [0.2, 0.25) is 23.6 Å². The Labute approximate surface area is 621 Å². The Morgan fingerprint density at radius 3 is 1.31 bits per heavy atom. The second kappa shape index (κ2) is 39.8. The van der Waals surface area contributed by atoms with Crippen molar-refractivity contribution in [3.63, 3.8) is 0 Å². The lowest BCUT2D eigenvalue weighted by atomic mass is 9.98. The molecule has 9 aromatic rings. The molecule has 1 heterocycles. The van der Waals surface area contributed by atoms with Gasteiger partial charge in [0.25, 0.3) is 11.8 Å². The highest BCUT2D eigenvalue weighted by atomic mass is 31.1. The zero-order valence-electron chi connectivity index (χ0n) is 60.5. The number of amides is 6. The number of carbonyl (C=O) groups is 7. The summed E-state index contributed by atoms with van der Waals surface area (Å²) in [5, 5.41) is 17.2. The molecule has 0 spiro atoms. The fraction of sp³-hybridized carbons (Fsp3) is 0.299. The molecule has 1 saturated heterocycles. The van der Waals surface area contributed by atoms with E-state index in [1.54, 1.807) is 24.3 Å². The number of likely N-dealkylation sites (tertiary alicyclic amines) is 1. The fourth-order valence-electron chi connectivity index (χ4n) is 13.6. The van der Waals surface area contributed by atoms with E-state index in [4.69, 9.17) is 10.5 Å². The van der Waals surface area contributed by atoms with E-state index in [1.807, 2.05) is 163 Å². The van der Waals surface area contributed by atoms with Crippen molar-refractivity contribution in [2.45, 2.75) is 115 Å². The van der Waals surface area contributed by atoms with E-state index in [0.717, 1.165) is 37.9 Å². The summed E-state index contributed by atoms with van der Waals surface area (Å²) in [7, 11) is -2.31. The Kier molecular flexibility index (Phi) is 29.4. The van der Waals surface area contributed by atoms with E-state index < -0.39 is 69.9 Å². The van der Waals surface area contributed by atoms with Crippen LogP contribution in [-0.2, 0) is 54.6 Å². The first kappa shape index (κ1) is 77.7. The van der Waals surface area contributed by atoms with Gasteiger partial charge in [0.1, 0.15) is 18.7 Å². The second-order valence-electron chi connectivity index (χ2n) is 27.8. The van der Waals surface area contributed by atoms with Gasteiger partial charge in [-0.3, -0.25) is 38.6 Å². The Bertz CT molecular complexity index is 4120. The van der Waals surface area contributed by atoms with Crippen molar-refractivity contribution in [2.75, 3.05) is 38.8 Å². The number of rotatable bonds is 37. The highest BCUT2D eigenvalue weighted by Crippen LogP contribution is 2.39. The van der Waals surface area contributed by atoms with Crippen LogP contribution in [0.5, 0.6) is 0 Å². The number of esters is 1. The van der Waals surface area contributed by atoms with Gasteiger partial charge in [0.15, 0.2) is 0 Å². The fourth-order valence-corrected chi connectivity index (χ4v) is 18.4. The third-order valence-corrected chi connectivity index (χ3v) is 23.8. The van der Waals surface area contributed by atoms with Crippen LogP contribution < -0.4 is 48.2 Å². The van der Waals surface area contributed by atoms with Gasteiger partial charge in [-0.25, -0.2) is 4.79 Å². The molecule has 1 aliphatic rings. The third-order valence-electron chi connectivity index (χ3n) is 18.8. The Balaban J connectivity index is 0.995. The van der Waals surface area contributed by atoms with Crippen LogP contribution in [0.4, 0.5) is 0 Å². The molecule has 9 aromatic carbocycles. The highest BCUT2D eigenvalue weighted by molar-refractivity contribution is 7.73. The first-order valence-electron chi connectivity index (χ1n) is 36.5. The summed E-state index contributed by atoms with van der Waals surface area (Å²) in [5.41, 5.74) is 9.50. The predicted molar refractivity (Wildman–Crippen MR) is 422 cm³/mol. The van der Waals surface area contributed by atoms with Gasteiger partial charge < -0.3 is 36.6 Å². The molecule has 6 N–H and O–H groups in total. The number of nitrogens with zero attached hydrogens (tertiary/aromatic N) is 3. The summed E-state index contributed by atoms with van der Waals surface area (Å²) in [4.78, 5) is 108. The third kappa shape index (κ3) is 23.5. The number of ether oxygens (including phenoxy) is 1. The van der Waals surface area contributed by atoms with Gasteiger partial charge in [-0.2, -0.15) is 0 Å². The number of hydrogen-bond acceptors (Lipinski definition) is 10. The zero-order chi connectivity index (χ0) is 73.9. The van der Waals surface area contributed by atoms with E-state index in [1.165, 1.54) is 0 Å². The minimum Gasteiger partial charge on any atom is -0.459 e. The number of hydrogen-bond donors (Lipinski definition) is 5. The van der Waals surface area contributed by atoms with Crippen LogP contribution in [-0.4, -0.2) is 131 Å². The molecule has 0 aliphatic carbocycles. The summed E-state index contributed by atoms with van der Waals surface area (Å²) in [6.45, 7) is 8.87. The number of nitrogens with two attached hydrogens (primary N) is 1. The van der Waals surface area contributed by atoms with Crippen molar-refractivity contribution in [3.05, 3.63) is 300 Å². The minimum absolute atomic E-state index is 0.0208. The summed E-state index contributed by atoms with van der Waals surface area (Å²) in [6.07, 6.45) is 3.81. The molecule has 1 fully saturated rings. The summed E-state index contributed by atoms with van der Waals surface area (Å²) < 4.78 is 6.04. The molecule has 16 nitrogen and oxygen atoms in total. The van der Waals surface area contributed by atoms with Crippen molar-refractivity contribution >= 4 is 78.5 Å². The van der Waals surface area contributed by atoms with Crippen molar-refractivity contribution < 1.29 is 38.3 Å². The van der Waals surface area contributed by atoms with E-state index in [2.05, 4.69) is 144 Å². The molecule has 0 bridgehead atoms. The summed E-state index contributed by atoms with van der Waals surface area (Å²) in [5.74, 6) is -2.78. The molecule has 105 heavy (non-hydrogen) atoms. The van der Waals surface area contributed by atoms with Gasteiger partial charge >= 0.3 is 5.97 Å². The predicted octanol–water partition coefficient (Wildman–Crippen LogP) is 11.0. The van der Waals surface area contributed by atoms with Crippen molar-refractivity contribution in [2.24, 2.45) is 17.6 Å². The van der Waals surface area contributed by atoms with Crippen LogP contribution in [0.15, 0.2) is 267 Å². The van der Waals surface area contributed by atoms with Crippen LogP contribution in [0.2, 0.25) is 0 Å². The maximum absolute atomic E-state index is 16.4. The van der Waals surface area contributed by atoms with E-state index >= 15 is 14.4 Å². The summed E-state index contributed by atoms with van der Waals surface area (Å²) >= 11 is 0. The van der Waals surface area contributed by atoms with Gasteiger partial charge in [0.05, 0.1) is 18.6 Å². The molecular weight excluding hydrogens is 1350 g/mol. The zero-order valence-corrected chi connectivity index (χ0v) is 62.3. The van der Waals surface area contributed by atoms with Gasteiger partial charge in [-0.15, -0.1) is 0 Å². The van der Waals surface area contributed by atoms with Crippen LogP contribution in [0.3, 0.4) is 0 Å². The normalized spacial score (nSPS) is 14.3. The lowest BCUT2D eigenvalue weighted by molar-refractivity contribution is -0.149.